The predicted octanol–water partition coefficient (Wildman–Crippen LogP) is 2.51. The van der Waals surface area contributed by atoms with Crippen LogP contribution in [0.3, 0.4) is 0 Å². The summed E-state index contributed by atoms with van der Waals surface area (Å²) < 4.78 is 0.912. The molecular weight excluding hydrogens is 260 g/mol. The van der Waals surface area contributed by atoms with Gasteiger partial charge in [0.05, 0.1) is 0 Å². The molecule has 0 saturated heterocycles. The van der Waals surface area contributed by atoms with Crippen molar-refractivity contribution in [2.45, 2.75) is 6.42 Å². The summed E-state index contributed by atoms with van der Waals surface area (Å²) in [5.74, 6) is -1.53. The first kappa shape index (κ1) is 11.7. The third-order valence-corrected chi connectivity index (χ3v) is 2.13. The topological polar surface area (TPSA) is 54.4 Å². The van der Waals surface area contributed by atoms with E-state index in [1.165, 1.54) is 6.08 Å². The maximum atomic E-state index is 11.0. The number of hydrogen-bond donors (Lipinski definition) is 1. The number of allylic oxidation sites excluding steroid dienone is 1. The molecule has 0 aliphatic carbocycles. The molecule has 1 N–H and O–H groups in total. The summed E-state index contributed by atoms with van der Waals surface area (Å²) in [6.07, 6.45) is 2.40. The van der Waals surface area contributed by atoms with Gasteiger partial charge in [-0.2, -0.15) is 0 Å². The third-order valence-electron chi connectivity index (χ3n) is 1.64. The van der Waals surface area contributed by atoms with Gasteiger partial charge < -0.3 is 5.11 Å². The molecule has 0 aromatic heterocycles. The summed E-state index contributed by atoms with van der Waals surface area (Å²) in [5.41, 5.74) is 0.850. The minimum absolute atomic E-state index is 0.414. The van der Waals surface area contributed by atoms with E-state index in [1.807, 2.05) is 24.3 Å². The number of halogens is 1. The molecule has 78 valence electrons. The highest BCUT2D eigenvalue weighted by molar-refractivity contribution is 9.10. The van der Waals surface area contributed by atoms with Crippen LogP contribution in [0.5, 0.6) is 0 Å². The first-order valence-corrected chi connectivity index (χ1v) is 5.05. The Morgan fingerprint density at radius 3 is 2.73 bits per heavy atom. The summed E-state index contributed by atoms with van der Waals surface area (Å²) >= 11 is 3.30. The number of rotatable bonds is 4. The Kier molecular flexibility index (Phi) is 4.24. The monoisotopic (exact) mass is 268 g/mol. The van der Waals surface area contributed by atoms with E-state index in [2.05, 4.69) is 15.9 Å². The van der Waals surface area contributed by atoms with Gasteiger partial charge in [-0.3, -0.25) is 9.59 Å². The smallest absolute Gasteiger partial charge is 0.311 e. The lowest BCUT2D eigenvalue weighted by molar-refractivity contribution is -0.139. The average molecular weight is 269 g/mol. The van der Waals surface area contributed by atoms with Crippen LogP contribution in [0.15, 0.2) is 34.8 Å². The summed E-state index contributed by atoms with van der Waals surface area (Å²) in [5, 5.41) is 8.36. The lowest BCUT2D eigenvalue weighted by atomic mass is 10.2. The van der Waals surface area contributed by atoms with Gasteiger partial charge in [0.25, 0.3) is 0 Å². The van der Waals surface area contributed by atoms with Gasteiger partial charge in [0.15, 0.2) is 5.78 Å². The van der Waals surface area contributed by atoms with E-state index in [0.29, 0.717) is 0 Å². The Hall–Kier alpha value is -1.42. The van der Waals surface area contributed by atoms with Crippen molar-refractivity contribution in [2.75, 3.05) is 0 Å². The quantitative estimate of drug-likeness (QED) is 0.675. The summed E-state index contributed by atoms with van der Waals surface area (Å²) in [6.45, 7) is 0. The first-order valence-electron chi connectivity index (χ1n) is 4.26. The summed E-state index contributed by atoms with van der Waals surface area (Å²) in [4.78, 5) is 21.2. The molecule has 0 unspecified atom stereocenters. The molecule has 0 radical (unpaired) electrons. The van der Waals surface area contributed by atoms with E-state index in [1.54, 1.807) is 6.08 Å². The van der Waals surface area contributed by atoms with Crippen LogP contribution < -0.4 is 0 Å². The maximum absolute atomic E-state index is 11.0. The molecule has 1 aromatic rings. The van der Waals surface area contributed by atoms with Gasteiger partial charge in [0, 0.05) is 4.47 Å². The molecular formula is C11H9BrO3. The van der Waals surface area contributed by atoms with Gasteiger partial charge in [-0.25, -0.2) is 0 Å². The van der Waals surface area contributed by atoms with Crippen LogP contribution in [0.2, 0.25) is 0 Å². The standard InChI is InChI=1S/C11H9BrO3/c12-9-3-1-2-8(6-9)4-5-10(13)7-11(14)15/h1-6H,7H2,(H,14,15). The van der Waals surface area contributed by atoms with Crippen LogP contribution in [-0.2, 0) is 9.59 Å². The maximum Gasteiger partial charge on any atom is 0.311 e. The van der Waals surface area contributed by atoms with Crippen LogP contribution in [0, 0.1) is 0 Å². The predicted molar refractivity (Wildman–Crippen MR) is 60.4 cm³/mol. The van der Waals surface area contributed by atoms with Crippen molar-refractivity contribution < 1.29 is 14.7 Å². The molecule has 15 heavy (non-hydrogen) atoms. The van der Waals surface area contributed by atoms with Crippen molar-refractivity contribution in [1.82, 2.24) is 0 Å². The number of hydrogen-bond acceptors (Lipinski definition) is 2. The van der Waals surface area contributed by atoms with E-state index in [0.717, 1.165) is 10.0 Å². The zero-order valence-corrected chi connectivity index (χ0v) is 9.40. The Labute approximate surface area is 95.6 Å². The molecule has 1 rings (SSSR count). The zero-order valence-electron chi connectivity index (χ0n) is 7.81. The van der Waals surface area contributed by atoms with Gasteiger partial charge >= 0.3 is 5.97 Å². The molecule has 0 aliphatic heterocycles. The number of ketones is 1. The van der Waals surface area contributed by atoms with Gasteiger partial charge in [-0.05, 0) is 23.8 Å². The molecule has 1 aromatic carbocycles. The van der Waals surface area contributed by atoms with Gasteiger partial charge in [0.2, 0.25) is 0 Å². The normalized spacial score (nSPS) is 10.5. The molecule has 0 bridgehead atoms. The van der Waals surface area contributed by atoms with Crippen LogP contribution in [0.4, 0.5) is 0 Å². The number of aliphatic carboxylic acids is 1. The fourth-order valence-electron chi connectivity index (χ4n) is 1.01. The lowest BCUT2D eigenvalue weighted by Crippen LogP contribution is -2.02. The minimum Gasteiger partial charge on any atom is -0.481 e. The minimum atomic E-state index is -1.11. The molecule has 0 heterocycles. The highest BCUT2D eigenvalue weighted by Crippen LogP contribution is 2.12. The van der Waals surface area contributed by atoms with Crippen LogP contribution in [-0.4, -0.2) is 16.9 Å². The van der Waals surface area contributed by atoms with Crippen molar-refractivity contribution in [3.8, 4) is 0 Å². The number of carboxylic acid groups (broad SMARTS) is 1. The molecule has 0 spiro atoms. The van der Waals surface area contributed by atoms with Crippen LogP contribution in [0.1, 0.15) is 12.0 Å². The van der Waals surface area contributed by atoms with E-state index >= 15 is 0 Å². The molecule has 0 aliphatic rings. The molecule has 0 saturated carbocycles. The number of carboxylic acids is 1. The lowest BCUT2D eigenvalue weighted by Gasteiger charge is -1.93. The van der Waals surface area contributed by atoms with E-state index in [9.17, 15) is 9.59 Å². The Morgan fingerprint density at radius 2 is 2.13 bits per heavy atom. The highest BCUT2D eigenvalue weighted by Gasteiger charge is 2.02. The average Bonchev–Trinajstić information content (AvgIpc) is 2.14. The summed E-state index contributed by atoms with van der Waals surface area (Å²) in [7, 11) is 0. The zero-order chi connectivity index (χ0) is 11.3. The van der Waals surface area contributed by atoms with Crippen LogP contribution >= 0.6 is 15.9 Å². The van der Waals surface area contributed by atoms with Crippen molar-refractivity contribution >= 4 is 33.8 Å². The van der Waals surface area contributed by atoms with Gasteiger partial charge in [-0.15, -0.1) is 0 Å². The second-order valence-corrected chi connectivity index (χ2v) is 3.84. The fraction of sp³-hybridized carbons (Fsp3) is 0.0909. The van der Waals surface area contributed by atoms with Crippen molar-refractivity contribution in [3.63, 3.8) is 0 Å². The van der Waals surface area contributed by atoms with E-state index in [-0.39, 0.29) is 0 Å². The Balaban J connectivity index is 2.65. The van der Waals surface area contributed by atoms with Crippen molar-refractivity contribution in [3.05, 3.63) is 40.4 Å². The highest BCUT2D eigenvalue weighted by atomic mass is 79.9. The molecule has 0 atom stereocenters. The van der Waals surface area contributed by atoms with E-state index in [4.69, 9.17) is 5.11 Å². The molecule has 0 fully saturated rings. The van der Waals surface area contributed by atoms with Crippen LogP contribution in [0.25, 0.3) is 6.08 Å². The second kappa shape index (κ2) is 5.46. The molecule has 4 heteroatoms. The largest absolute Gasteiger partial charge is 0.481 e. The Bertz CT molecular complexity index is 410. The first-order chi connectivity index (χ1) is 7.08. The number of benzene rings is 1. The summed E-state index contributed by atoms with van der Waals surface area (Å²) in [6, 6.07) is 7.38. The van der Waals surface area contributed by atoms with E-state index < -0.39 is 18.2 Å². The second-order valence-electron chi connectivity index (χ2n) is 2.93. The molecule has 3 nitrogen and oxygen atoms in total. The fourth-order valence-corrected chi connectivity index (χ4v) is 1.42. The number of carbonyl (C=O) groups excluding carboxylic acids is 1. The third kappa shape index (κ3) is 4.56. The Morgan fingerprint density at radius 1 is 1.40 bits per heavy atom. The number of carbonyl (C=O) groups is 2. The van der Waals surface area contributed by atoms with Crippen molar-refractivity contribution in [1.29, 1.82) is 0 Å². The molecule has 0 amide bonds. The van der Waals surface area contributed by atoms with Gasteiger partial charge in [0.1, 0.15) is 6.42 Å². The van der Waals surface area contributed by atoms with Gasteiger partial charge in [-0.1, -0.05) is 34.1 Å². The van der Waals surface area contributed by atoms with Crippen molar-refractivity contribution in [2.24, 2.45) is 0 Å². The SMILES string of the molecule is O=C(O)CC(=O)C=Cc1cccc(Br)c1.